The summed E-state index contributed by atoms with van der Waals surface area (Å²) in [6.07, 6.45) is 5.10. The molecular formula is C21H35F2N3O. The lowest BCUT2D eigenvalue weighted by atomic mass is 9.94. The van der Waals surface area contributed by atoms with E-state index in [4.69, 9.17) is 4.74 Å². The van der Waals surface area contributed by atoms with Crippen molar-refractivity contribution >= 4 is 0 Å². The smallest absolute Gasteiger partial charge is 0.163 e. The number of nitrogens with one attached hydrogen (secondary N) is 1. The molecule has 0 amide bonds. The molecule has 0 saturated heterocycles. The molecule has 0 aliphatic heterocycles. The van der Waals surface area contributed by atoms with E-state index in [2.05, 4.69) is 36.1 Å². The van der Waals surface area contributed by atoms with Crippen molar-refractivity contribution in [3.8, 4) is 0 Å². The first-order valence-electron chi connectivity index (χ1n) is 10.1. The van der Waals surface area contributed by atoms with Crippen LogP contribution in [0, 0.1) is 18.7 Å². The summed E-state index contributed by atoms with van der Waals surface area (Å²) in [7, 11) is 0. The summed E-state index contributed by atoms with van der Waals surface area (Å²) in [5, 5.41) is 3.24. The van der Waals surface area contributed by atoms with E-state index in [1.54, 1.807) is 6.92 Å². The zero-order valence-electron chi connectivity index (χ0n) is 17.4. The maximum absolute atomic E-state index is 14.9. The number of hydrogen-bond donors (Lipinski definition) is 1. The molecule has 1 aromatic heterocycles. The highest BCUT2D eigenvalue weighted by Gasteiger charge is 2.24. The monoisotopic (exact) mass is 383 g/mol. The van der Waals surface area contributed by atoms with Gasteiger partial charge in [0.15, 0.2) is 5.82 Å². The number of aromatic nitrogens is 2. The van der Waals surface area contributed by atoms with Crippen LogP contribution < -0.4 is 5.32 Å². The van der Waals surface area contributed by atoms with Gasteiger partial charge < -0.3 is 10.1 Å². The Bertz CT molecular complexity index is 577. The van der Waals surface area contributed by atoms with Gasteiger partial charge in [-0.2, -0.15) is 0 Å². The Morgan fingerprint density at radius 3 is 2.63 bits per heavy atom. The Kier molecular flexibility index (Phi) is 11.3. The Hall–Kier alpha value is -1.40. The molecule has 2 atom stereocenters. The number of aryl methyl sites for hydroxylation is 1. The lowest BCUT2D eigenvalue weighted by Crippen LogP contribution is -2.26. The summed E-state index contributed by atoms with van der Waals surface area (Å²) in [5.74, 6) is -0.285. The van der Waals surface area contributed by atoms with E-state index in [1.807, 2.05) is 6.92 Å². The van der Waals surface area contributed by atoms with E-state index in [-0.39, 0.29) is 17.7 Å². The zero-order valence-corrected chi connectivity index (χ0v) is 17.4. The van der Waals surface area contributed by atoms with Crippen LogP contribution in [0.5, 0.6) is 0 Å². The van der Waals surface area contributed by atoms with Crippen LogP contribution in [-0.4, -0.2) is 35.8 Å². The average molecular weight is 384 g/mol. The molecule has 0 spiro atoms. The molecular weight excluding hydrogens is 348 g/mol. The van der Waals surface area contributed by atoms with Gasteiger partial charge in [-0.25, -0.2) is 18.7 Å². The van der Waals surface area contributed by atoms with Crippen LogP contribution in [0.3, 0.4) is 0 Å². The molecule has 27 heavy (non-hydrogen) atoms. The highest BCUT2D eigenvalue weighted by atomic mass is 19.1. The van der Waals surface area contributed by atoms with Gasteiger partial charge in [-0.05, 0) is 44.8 Å². The van der Waals surface area contributed by atoms with Crippen molar-refractivity contribution in [1.82, 2.24) is 15.3 Å². The lowest BCUT2D eigenvalue weighted by Gasteiger charge is -2.25. The summed E-state index contributed by atoms with van der Waals surface area (Å²) in [5.41, 5.74) is 0.331. The predicted octanol–water partition coefficient (Wildman–Crippen LogP) is 5.09. The van der Waals surface area contributed by atoms with Crippen molar-refractivity contribution in [1.29, 1.82) is 0 Å². The molecule has 6 heteroatoms. The van der Waals surface area contributed by atoms with Crippen LogP contribution in [0.4, 0.5) is 8.78 Å². The molecule has 0 unspecified atom stereocenters. The summed E-state index contributed by atoms with van der Waals surface area (Å²) in [6, 6.07) is 0. The van der Waals surface area contributed by atoms with Crippen molar-refractivity contribution in [3.63, 3.8) is 0 Å². The van der Waals surface area contributed by atoms with Gasteiger partial charge in [-0.1, -0.05) is 40.5 Å². The average Bonchev–Trinajstić information content (AvgIpc) is 2.66. The molecule has 1 N–H and O–H groups in total. The highest BCUT2D eigenvalue weighted by Crippen LogP contribution is 2.27. The minimum Gasteiger partial charge on any atom is -0.371 e. The largest absolute Gasteiger partial charge is 0.371 e. The standard InChI is InChI=1S/C21H35F2N3O/c1-6-17(7-2)21(27-13-9-12-24-8-3)18(22)11-10-15(4)20-19(23)14-25-16(5)26-20/h11,14-15,17,21,24H,6-10,12-13H2,1-5H3/b18-11+/t15-,21+/m0/s1. The maximum Gasteiger partial charge on any atom is 0.163 e. The third-order valence-corrected chi connectivity index (χ3v) is 4.82. The van der Waals surface area contributed by atoms with Gasteiger partial charge in [-0.15, -0.1) is 0 Å². The third kappa shape index (κ3) is 8.01. The SMILES string of the molecule is CCNCCCO[C@@H](/C(F)=C\C[C@H](C)c1nc(C)ncc1F)C(CC)CC. The van der Waals surface area contributed by atoms with Gasteiger partial charge in [0.1, 0.15) is 17.8 Å². The number of ether oxygens (including phenoxy) is 1. The van der Waals surface area contributed by atoms with Crippen molar-refractivity contribution in [2.45, 2.75) is 72.3 Å². The number of hydrogen-bond acceptors (Lipinski definition) is 4. The molecule has 0 saturated carbocycles. The van der Waals surface area contributed by atoms with Crippen LogP contribution in [0.2, 0.25) is 0 Å². The van der Waals surface area contributed by atoms with E-state index < -0.39 is 11.9 Å². The number of nitrogens with zero attached hydrogens (tertiary/aromatic N) is 2. The van der Waals surface area contributed by atoms with Gasteiger partial charge in [0, 0.05) is 12.5 Å². The Balaban J connectivity index is 2.76. The van der Waals surface area contributed by atoms with Crippen LogP contribution in [0.15, 0.2) is 18.1 Å². The first kappa shape index (κ1) is 23.6. The van der Waals surface area contributed by atoms with E-state index in [1.165, 1.54) is 12.3 Å². The fourth-order valence-corrected chi connectivity index (χ4v) is 3.08. The van der Waals surface area contributed by atoms with E-state index in [0.717, 1.165) is 32.4 Å². The van der Waals surface area contributed by atoms with Gasteiger partial charge in [0.2, 0.25) is 0 Å². The second-order valence-corrected chi connectivity index (χ2v) is 6.95. The molecule has 0 radical (unpaired) electrons. The molecule has 1 aromatic rings. The molecule has 1 rings (SSSR count). The van der Waals surface area contributed by atoms with E-state index >= 15 is 0 Å². The molecule has 0 fully saturated rings. The highest BCUT2D eigenvalue weighted by molar-refractivity contribution is 5.13. The van der Waals surface area contributed by atoms with E-state index in [9.17, 15) is 8.78 Å². The Morgan fingerprint density at radius 1 is 1.30 bits per heavy atom. The van der Waals surface area contributed by atoms with Crippen molar-refractivity contribution < 1.29 is 13.5 Å². The molecule has 0 bridgehead atoms. The molecule has 0 aromatic carbocycles. The number of allylic oxidation sites excluding steroid dienone is 1. The van der Waals surface area contributed by atoms with Gasteiger partial charge >= 0.3 is 0 Å². The fraction of sp³-hybridized carbons (Fsp3) is 0.714. The Morgan fingerprint density at radius 2 is 2.00 bits per heavy atom. The summed E-state index contributed by atoms with van der Waals surface area (Å²) < 4.78 is 34.7. The predicted molar refractivity (Wildman–Crippen MR) is 106 cm³/mol. The van der Waals surface area contributed by atoms with Crippen molar-refractivity contribution in [2.75, 3.05) is 19.7 Å². The summed E-state index contributed by atoms with van der Waals surface area (Å²) in [4.78, 5) is 8.01. The van der Waals surface area contributed by atoms with Gasteiger partial charge in [-0.3, -0.25) is 0 Å². The minimum atomic E-state index is -0.536. The van der Waals surface area contributed by atoms with Crippen LogP contribution in [0.1, 0.15) is 70.8 Å². The molecule has 154 valence electrons. The van der Waals surface area contributed by atoms with Crippen LogP contribution in [-0.2, 0) is 4.74 Å². The molecule has 0 aliphatic carbocycles. The second-order valence-electron chi connectivity index (χ2n) is 6.95. The lowest BCUT2D eigenvalue weighted by molar-refractivity contribution is 0.0187. The first-order chi connectivity index (χ1) is 12.9. The topological polar surface area (TPSA) is 47.0 Å². The van der Waals surface area contributed by atoms with Crippen molar-refractivity contribution in [3.05, 3.63) is 35.4 Å². The fourth-order valence-electron chi connectivity index (χ4n) is 3.08. The molecule has 0 aliphatic rings. The van der Waals surface area contributed by atoms with Gasteiger partial charge in [0.05, 0.1) is 11.9 Å². The normalized spacial score (nSPS) is 14.6. The molecule has 4 nitrogen and oxygen atoms in total. The second kappa shape index (κ2) is 12.9. The van der Waals surface area contributed by atoms with E-state index in [0.29, 0.717) is 24.5 Å². The van der Waals surface area contributed by atoms with Crippen LogP contribution in [0.25, 0.3) is 0 Å². The molecule has 1 heterocycles. The quantitative estimate of drug-likeness (QED) is 0.482. The summed E-state index contributed by atoms with van der Waals surface area (Å²) >= 11 is 0. The first-order valence-corrected chi connectivity index (χ1v) is 10.1. The number of rotatable bonds is 13. The minimum absolute atomic E-state index is 0.133. The Labute approximate surface area is 162 Å². The third-order valence-electron chi connectivity index (χ3n) is 4.82. The van der Waals surface area contributed by atoms with Crippen molar-refractivity contribution in [2.24, 2.45) is 5.92 Å². The summed E-state index contributed by atoms with van der Waals surface area (Å²) in [6.45, 7) is 12.0. The maximum atomic E-state index is 14.9. The van der Waals surface area contributed by atoms with Crippen LogP contribution >= 0.6 is 0 Å². The van der Waals surface area contributed by atoms with Gasteiger partial charge in [0.25, 0.3) is 0 Å². The zero-order chi connectivity index (χ0) is 20.2. The number of halogens is 2.